The smallest absolute Gasteiger partial charge is 0.340 e. The van der Waals surface area contributed by atoms with Gasteiger partial charge < -0.3 is 29.2 Å². The number of carbonyl (C=O) groups is 4. The normalized spacial score (nSPS) is 13.6. The van der Waals surface area contributed by atoms with Gasteiger partial charge in [0.25, 0.3) is 5.91 Å². The number of hydrazone groups is 2. The highest BCUT2D eigenvalue weighted by molar-refractivity contribution is 6.03. The van der Waals surface area contributed by atoms with Crippen molar-refractivity contribution in [2.24, 2.45) is 16.1 Å². The molecule has 238 valence electrons. The van der Waals surface area contributed by atoms with Crippen LogP contribution in [-0.4, -0.2) is 99.4 Å². The van der Waals surface area contributed by atoms with Crippen molar-refractivity contribution in [3.05, 3.63) is 46.5 Å². The first kappa shape index (κ1) is 35.3. The van der Waals surface area contributed by atoms with Gasteiger partial charge in [0.05, 0.1) is 47.4 Å². The number of methoxy groups -OCH3 is 4. The van der Waals surface area contributed by atoms with E-state index in [-0.39, 0.29) is 76.0 Å². The zero-order valence-corrected chi connectivity index (χ0v) is 25.3. The van der Waals surface area contributed by atoms with Crippen LogP contribution in [0.25, 0.3) is 0 Å². The lowest BCUT2D eigenvalue weighted by Gasteiger charge is -2.30. The van der Waals surface area contributed by atoms with Gasteiger partial charge in [-0.3, -0.25) is 14.5 Å². The van der Waals surface area contributed by atoms with E-state index in [4.69, 9.17) is 18.9 Å². The Morgan fingerprint density at radius 3 is 1.66 bits per heavy atom. The predicted molar refractivity (Wildman–Crippen MR) is 161 cm³/mol. The van der Waals surface area contributed by atoms with Crippen molar-refractivity contribution in [3.8, 4) is 23.0 Å². The van der Waals surface area contributed by atoms with Crippen molar-refractivity contribution in [1.82, 2.24) is 15.8 Å². The van der Waals surface area contributed by atoms with Gasteiger partial charge in [0, 0.05) is 17.0 Å². The number of amides is 2. The summed E-state index contributed by atoms with van der Waals surface area (Å²) in [5.74, 6) is -3.00. The van der Waals surface area contributed by atoms with Crippen LogP contribution in [0.15, 0.2) is 34.5 Å². The molecule has 0 atom stereocenters. The zero-order chi connectivity index (χ0) is 31.5. The van der Waals surface area contributed by atoms with E-state index < -0.39 is 17.8 Å². The fourth-order valence-electron chi connectivity index (χ4n) is 4.56. The molecule has 2 aromatic carbocycles. The standard InChI is InChI=1S/C28H33N5O10.ClH/c1-40-19-7-5-17(22(27(36)37)24(19)42-3)13-29-31-21(34)15-33-11-9-16(10-12-33)26(35)32-30-14-18-6-8-20(41-2)25(43-4)23(18)28(38)39;/h5-8,13-14,16H,9-12,15H2,1-4H3,(H,31,34)(H,32,35)(H,36,37)(H,38,39);1H. The summed E-state index contributed by atoms with van der Waals surface area (Å²) in [4.78, 5) is 50.4. The Morgan fingerprint density at radius 1 is 0.795 bits per heavy atom. The number of carbonyl (C=O) groups excluding carboxylic acids is 2. The first-order valence-electron chi connectivity index (χ1n) is 13.0. The number of likely N-dealkylation sites (tertiary alicyclic amines) is 1. The highest BCUT2D eigenvalue weighted by atomic mass is 35.5. The number of nitrogens with zero attached hydrogens (tertiary/aromatic N) is 3. The summed E-state index contributed by atoms with van der Waals surface area (Å²) in [5.41, 5.74) is 4.96. The van der Waals surface area contributed by atoms with E-state index in [2.05, 4.69) is 21.1 Å². The van der Waals surface area contributed by atoms with Crippen molar-refractivity contribution in [3.63, 3.8) is 0 Å². The molecule has 1 aliphatic rings. The average Bonchev–Trinajstić information content (AvgIpc) is 3.00. The second kappa shape index (κ2) is 16.7. The van der Waals surface area contributed by atoms with Crippen molar-refractivity contribution in [2.45, 2.75) is 12.8 Å². The summed E-state index contributed by atoms with van der Waals surface area (Å²) in [5, 5.41) is 27.0. The highest BCUT2D eigenvalue weighted by Crippen LogP contribution is 2.34. The molecule has 0 aromatic heterocycles. The van der Waals surface area contributed by atoms with E-state index in [0.29, 0.717) is 25.9 Å². The quantitative estimate of drug-likeness (QED) is 0.185. The summed E-state index contributed by atoms with van der Waals surface area (Å²) in [6.07, 6.45) is 3.39. The largest absolute Gasteiger partial charge is 0.493 e. The monoisotopic (exact) mass is 635 g/mol. The topological polar surface area (TPSA) is 198 Å². The van der Waals surface area contributed by atoms with Gasteiger partial charge in [-0.25, -0.2) is 20.4 Å². The van der Waals surface area contributed by atoms with E-state index in [1.165, 1.54) is 65.1 Å². The van der Waals surface area contributed by atoms with Gasteiger partial charge in [0.1, 0.15) is 11.1 Å². The number of benzene rings is 2. The molecular formula is C28H34ClN5O10. The fraction of sp³-hybridized carbons (Fsp3) is 0.357. The second-order valence-corrected chi connectivity index (χ2v) is 9.22. The highest BCUT2D eigenvalue weighted by Gasteiger charge is 2.26. The summed E-state index contributed by atoms with van der Waals surface area (Å²) in [6, 6.07) is 6.05. The maximum absolute atomic E-state index is 12.6. The molecule has 1 saturated heterocycles. The van der Waals surface area contributed by atoms with Gasteiger partial charge >= 0.3 is 11.9 Å². The molecule has 0 unspecified atom stereocenters. The van der Waals surface area contributed by atoms with Crippen molar-refractivity contribution < 1.29 is 48.3 Å². The Labute approximate surface area is 259 Å². The second-order valence-electron chi connectivity index (χ2n) is 9.22. The number of halogens is 1. The molecule has 2 amide bonds. The van der Waals surface area contributed by atoms with E-state index in [1.807, 2.05) is 4.90 Å². The SMILES string of the molecule is COc1ccc(C=NNC(=O)CN2CCC(C(=O)NN=Cc3ccc(OC)c(OC)c3C(=O)O)CC2)c(C(=O)O)c1OC.Cl. The van der Waals surface area contributed by atoms with Crippen LogP contribution in [0.1, 0.15) is 44.7 Å². The van der Waals surface area contributed by atoms with Crippen LogP contribution >= 0.6 is 12.4 Å². The third-order valence-electron chi connectivity index (χ3n) is 6.68. The van der Waals surface area contributed by atoms with Gasteiger partial charge in [-0.2, -0.15) is 10.2 Å². The fourth-order valence-corrected chi connectivity index (χ4v) is 4.56. The number of ether oxygens (including phenoxy) is 4. The van der Waals surface area contributed by atoms with Crippen molar-refractivity contribution in [2.75, 3.05) is 48.1 Å². The molecule has 0 bridgehead atoms. The molecule has 0 saturated carbocycles. The van der Waals surface area contributed by atoms with Gasteiger partial charge in [0.15, 0.2) is 23.0 Å². The number of rotatable bonds is 13. The number of hydrogen-bond acceptors (Lipinski definition) is 11. The molecular weight excluding hydrogens is 602 g/mol. The average molecular weight is 636 g/mol. The lowest BCUT2D eigenvalue weighted by Crippen LogP contribution is -2.43. The Hall–Kier alpha value is -4.89. The van der Waals surface area contributed by atoms with Crippen LogP contribution in [0.5, 0.6) is 23.0 Å². The van der Waals surface area contributed by atoms with Gasteiger partial charge in [-0.05, 0) is 50.2 Å². The number of carboxylic acids is 2. The number of aromatic carboxylic acids is 2. The zero-order valence-electron chi connectivity index (χ0n) is 24.5. The maximum atomic E-state index is 12.6. The van der Waals surface area contributed by atoms with Crippen molar-refractivity contribution >= 4 is 48.6 Å². The van der Waals surface area contributed by atoms with E-state index in [9.17, 15) is 29.4 Å². The molecule has 15 nitrogen and oxygen atoms in total. The molecule has 16 heteroatoms. The van der Waals surface area contributed by atoms with Crippen LogP contribution in [0.2, 0.25) is 0 Å². The van der Waals surface area contributed by atoms with Gasteiger partial charge in [-0.15, -0.1) is 12.4 Å². The Balaban J connectivity index is 0.00000675. The molecule has 1 aliphatic heterocycles. The Kier molecular flexibility index (Phi) is 13.4. The molecule has 2 aromatic rings. The molecule has 1 fully saturated rings. The third kappa shape index (κ3) is 8.58. The van der Waals surface area contributed by atoms with Crippen LogP contribution in [0.4, 0.5) is 0 Å². The van der Waals surface area contributed by atoms with Crippen LogP contribution in [0.3, 0.4) is 0 Å². The van der Waals surface area contributed by atoms with E-state index in [1.54, 1.807) is 0 Å². The number of piperidine rings is 1. The number of hydrogen-bond donors (Lipinski definition) is 4. The Bertz CT molecular complexity index is 1420. The number of nitrogens with one attached hydrogen (secondary N) is 2. The van der Waals surface area contributed by atoms with Crippen molar-refractivity contribution in [1.29, 1.82) is 0 Å². The molecule has 44 heavy (non-hydrogen) atoms. The molecule has 0 spiro atoms. The lowest BCUT2D eigenvalue weighted by molar-refractivity contribution is -0.126. The van der Waals surface area contributed by atoms with Crippen LogP contribution < -0.4 is 29.8 Å². The number of carboxylic acid groups (broad SMARTS) is 2. The van der Waals surface area contributed by atoms with Crippen LogP contribution in [-0.2, 0) is 9.59 Å². The predicted octanol–water partition coefficient (Wildman–Crippen LogP) is 1.85. The summed E-state index contributed by atoms with van der Waals surface area (Å²) in [7, 11) is 5.43. The Morgan fingerprint density at radius 2 is 1.25 bits per heavy atom. The molecule has 0 aliphatic carbocycles. The minimum Gasteiger partial charge on any atom is -0.493 e. The maximum Gasteiger partial charge on any atom is 0.340 e. The molecule has 0 radical (unpaired) electrons. The van der Waals surface area contributed by atoms with E-state index in [0.717, 1.165) is 0 Å². The first-order chi connectivity index (χ1) is 20.6. The molecule has 3 rings (SSSR count). The van der Waals surface area contributed by atoms with Crippen LogP contribution in [0, 0.1) is 5.92 Å². The molecule has 1 heterocycles. The lowest BCUT2D eigenvalue weighted by atomic mass is 9.96. The third-order valence-corrected chi connectivity index (χ3v) is 6.68. The molecule has 4 N–H and O–H groups in total. The summed E-state index contributed by atoms with van der Waals surface area (Å²) >= 11 is 0. The summed E-state index contributed by atoms with van der Waals surface area (Å²) in [6.45, 7) is 0.964. The minimum absolute atomic E-state index is 0. The van der Waals surface area contributed by atoms with Gasteiger partial charge in [0.2, 0.25) is 5.91 Å². The minimum atomic E-state index is -1.24. The first-order valence-corrected chi connectivity index (χ1v) is 13.0. The van der Waals surface area contributed by atoms with E-state index >= 15 is 0 Å². The summed E-state index contributed by atoms with van der Waals surface area (Å²) < 4.78 is 20.6. The van der Waals surface area contributed by atoms with Gasteiger partial charge in [-0.1, -0.05) is 0 Å².